The molecule has 0 aliphatic carbocycles. The molecule has 0 atom stereocenters. The lowest BCUT2D eigenvalue weighted by Gasteiger charge is -2.08. The zero-order valence-corrected chi connectivity index (χ0v) is 10.7. The first-order chi connectivity index (χ1) is 8.63. The lowest BCUT2D eigenvalue weighted by atomic mass is 10.1. The molecule has 1 aromatic heterocycles. The molecule has 18 heavy (non-hydrogen) atoms. The van der Waals surface area contributed by atoms with E-state index in [9.17, 15) is 4.79 Å². The fourth-order valence-corrected chi connectivity index (χ4v) is 2.08. The number of aryl methyl sites for hydroxylation is 1. The van der Waals surface area contributed by atoms with Crippen molar-refractivity contribution in [3.63, 3.8) is 0 Å². The van der Waals surface area contributed by atoms with Crippen molar-refractivity contribution >= 4 is 17.6 Å². The highest BCUT2D eigenvalue weighted by molar-refractivity contribution is 6.33. The Hall–Kier alpha value is -1.81. The number of carbonyl (C=O) groups is 1. The van der Waals surface area contributed by atoms with Crippen LogP contribution in [-0.4, -0.2) is 20.9 Å². The van der Waals surface area contributed by atoms with Gasteiger partial charge in [0.2, 0.25) is 0 Å². The Bertz CT molecular complexity index is 578. The van der Waals surface area contributed by atoms with Crippen LogP contribution in [-0.2, 0) is 6.54 Å². The second-order valence-corrected chi connectivity index (χ2v) is 4.35. The summed E-state index contributed by atoms with van der Waals surface area (Å²) in [6.45, 7) is 2.87. The maximum absolute atomic E-state index is 10.8. The number of rotatable bonds is 4. The van der Waals surface area contributed by atoms with Crippen LogP contribution in [0.3, 0.4) is 0 Å². The topological polar surface area (TPSA) is 55.1 Å². The minimum absolute atomic E-state index is 0.185. The first kappa shape index (κ1) is 12.6. The number of aromatic carboxylic acids is 1. The molecule has 0 aliphatic heterocycles. The highest BCUT2D eigenvalue weighted by Crippen LogP contribution is 2.28. The Morgan fingerprint density at radius 3 is 2.83 bits per heavy atom. The molecular weight excluding hydrogens is 252 g/mol. The van der Waals surface area contributed by atoms with Crippen LogP contribution in [0.2, 0.25) is 5.02 Å². The average Bonchev–Trinajstić information content (AvgIpc) is 2.77. The second kappa shape index (κ2) is 5.23. The molecule has 1 heterocycles. The Balaban J connectivity index is 2.44. The molecule has 5 heteroatoms. The molecule has 94 valence electrons. The quantitative estimate of drug-likeness (QED) is 0.922. The summed E-state index contributed by atoms with van der Waals surface area (Å²) in [5, 5.41) is 13.5. The minimum atomic E-state index is -0.981. The van der Waals surface area contributed by atoms with E-state index >= 15 is 0 Å². The average molecular weight is 265 g/mol. The van der Waals surface area contributed by atoms with Crippen molar-refractivity contribution in [2.75, 3.05) is 0 Å². The lowest BCUT2D eigenvalue weighted by molar-refractivity contribution is 0.0697. The highest BCUT2D eigenvalue weighted by Gasteiger charge is 2.11. The zero-order chi connectivity index (χ0) is 13.1. The predicted molar refractivity (Wildman–Crippen MR) is 69.9 cm³/mol. The van der Waals surface area contributed by atoms with Crippen molar-refractivity contribution in [1.29, 1.82) is 0 Å². The van der Waals surface area contributed by atoms with E-state index in [4.69, 9.17) is 16.7 Å². The summed E-state index contributed by atoms with van der Waals surface area (Å²) in [5.41, 5.74) is 1.89. The van der Waals surface area contributed by atoms with Crippen LogP contribution in [0.15, 0.2) is 30.5 Å². The molecule has 0 bridgehead atoms. The van der Waals surface area contributed by atoms with Gasteiger partial charge in [-0.3, -0.25) is 4.68 Å². The van der Waals surface area contributed by atoms with Crippen LogP contribution >= 0.6 is 11.6 Å². The van der Waals surface area contributed by atoms with E-state index in [1.807, 2.05) is 10.7 Å². The van der Waals surface area contributed by atoms with Gasteiger partial charge in [0.15, 0.2) is 0 Å². The summed E-state index contributed by atoms with van der Waals surface area (Å²) in [4.78, 5) is 10.8. The number of carboxylic acid groups (broad SMARTS) is 1. The molecule has 0 fully saturated rings. The fraction of sp³-hybridized carbons (Fsp3) is 0.231. The molecule has 0 saturated heterocycles. The van der Waals surface area contributed by atoms with Crippen molar-refractivity contribution in [2.45, 2.75) is 19.9 Å². The number of carboxylic acids is 1. The van der Waals surface area contributed by atoms with Crippen LogP contribution in [0.4, 0.5) is 0 Å². The lowest BCUT2D eigenvalue weighted by Crippen LogP contribution is -2.02. The second-order valence-electron chi connectivity index (χ2n) is 3.94. The third-order valence-corrected chi connectivity index (χ3v) is 2.96. The number of nitrogens with zero attached hydrogens (tertiary/aromatic N) is 2. The largest absolute Gasteiger partial charge is 0.478 e. The standard InChI is InChI=1S/C13H13ClN2O2/c1-2-7-16-12(5-6-15-16)10-4-3-9(13(17)18)8-11(10)14/h3-6,8H,2,7H2,1H3,(H,17,18). The summed E-state index contributed by atoms with van der Waals surface area (Å²) in [6, 6.07) is 6.60. The van der Waals surface area contributed by atoms with Crippen molar-refractivity contribution in [1.82, 2.24) is 9.78 Å². The summed E-state index contributed by atoms with van der Waals surface area (Å²) in [6.07, 6.45) is 2.69. The molecular formula is C13H13ClN2O2. The number of halogens is 1. The van der Waals surface area contributed by atoms with Gasteiger partial charge in [0.1, 0.15) is 0 Å². The Morgan fingerprint density at radius 1 is 1.44 bits per heavy atom. The van der Waals surface area contributed by atoms with Gasteiger partial charge in [-0.2, -0.15) is 5.10 Å². The van der Waals surface area contributed by atoms with E-state index < -0.39 is 5.97 Å². The van der Waals surface area contributed by atoms with Gasteiger partial charge >= 0.3 is 5.97 Å². The Labute approximate surface area is 110 Å². The normalized spacial score (nSPS) is 10.6. The van der Waals surface area contributed by atoms with Gasteiger partial charge < -0.3 is 5.11 Å². The molecule has 0 saturated carbocycles. The molecule has 1 aromatic carbocycles. The predicted octanol–water partition coefficient (Wildman–Crippen LogP) is 3.31. The van der Waals surface area contributed by atoms with Gasteiger partial charge in [0, 0.05) is 18.3 Å². The van der Waals surface area contributed by atoms with Gasteiger partial charge in [-0.05, 0) is 24.6 Å². The molecule has 0 radical (unpaired) electrons. The van der Waals surface area contributed by atoms with Gasteiger partial charge in [0.25, 0.3) is 0 Å². The molecule has 0 amide bonds. The number of aromatic nitrogens is 2. The summed E-state index contributed by atoms with van der Waals surface area (Å²) >= 11 is 6.13. The monoisotopic (exact) mass is 264 g/mol. The highest BCUT2D eigenvalue weighted by atomic mass is 35.5. The van der Waals surface area contributed by atoms with Gasteiger partial charge in [-0.1, -0.05) is 24.6 Å². The fourth-order valence-electron chi connectivity index (χ4n) is 1.81. The van der Waals surface area contributed by atoms with Crippen LogP contribution in [0.1, 0.15) is 23.7 Å². The molecule has 0 aliphatic rings. The summed E-state index contributed by atoms with van der Waals surface area (Å²) < 4.78 is 1.86. The third-order valence-electron chi connectivity index (χ3n) is 2.64. The minimum Gasteiger partial charge on any atom is -0.478 e. The first-order valence-corrected chi connectivity index (χ1v) is 6.06. The Morgan fingerprint density at radius 2 is 2.22 bits per heavy atom. The van der Waals surface area contributed by atoms with E-state index in [2.05, 4.69) is 12.0 Å². The SMILES string of the molecule is CCCn1nccc1-c1ccc(C(=O)O)cc1Cl. The van der Waals surface area contributed by atoms with Crippen molar-refractivity contribution in [2.24, 2.45) is 0 Å². The van der Waals surface area contributed by atoms with Gasteiger partial charge in [-0.15, -0.1) is 0 Å². The molecule has 0 spiro atoms. The smallest absolute Gasteiger partial charge is 0.335 e. The first-order valence-electron chi connectivity index (χ1n) is 5.68. The van der Waals surface area contributed by atoms with Crippen molar-refractivity contribution in [3.8, 4) is 11.3 Å². The third kappa shape index (κ3) is 2.38. The number of hydrogen-bond donors (Lipinski definition) is 1. The summed E-state index contributed by atoms with van der Waals surface area (Å²) in [7, 11) is 0. The van der Waals surface area contributed by atoms with E-state index in [0.717, 1.165) is 24.2 Å². The molecule has 0 unspecified atom stereocenters. The maximum atomic E-state index is 10.8. The van der Waals surface area contributed by atoms with E-state index in [1.165, 1.54) is 6.07 Å². The van der Waals surface area contributed by atoms with Crippen LogP contribution in [0, 0.1) is 0 Å². The Kier molecular flexibility index (Phi) is 3.67. The molecule has 4 nitrogen and oxygen atoms in total. The van der Waals surface area contributed by atoms with Gasteiger partial charge in [-0.25, -0.2) is 4.79 Å². The van der Waals surface area contributed by atoms with E-state index in [1.54, 1.807) is 18.3 Å². The number of hydrogen-bond acceptors (Lipinski definition) is 2. The molecule has 1 N–H and O–H groups in total. The number of benzene rings is 1. The molecule has 2 rings (SSSR count). The van der Waals surface area contributed by atoms with E-state index in [0.29, 0.717) is 5.02 Å². The van der Waals surface area contributed by atoms with Crippen LogP contribution in [0.5, 0.6) is 0 Å². The van der Waals surface area contributed by atoms with Gasteiger partial charge in [0.05, 0.1) is 16.3 Å². The van der Waals surface area contributed by atoms with Crippen LogP contribution in [0.25, 0.3) is 11.3 Å². The van der Waals surface area contributed by atoms with Crippen LogP contribution < -0.4 is 0 Å². The van der Waals surface area contributed by atoms with Crippen molar-refractivity contribution in [3.05, 3.63) is 41.0 Å². The van der Waals surface area contributed by atoms with Crippen molar-refractivity contribution < 1.29 is 9.90 Å². The summed E-state index contributed by atoms with van der Waals surface area (Å²) in [5.74, 6) is -0.981. The maximum Gasteiger partial charge on any atom is 0.335 e. The van der Waals surface area contributed by atoms with E-state index in [-0.39, 0.29) is 5.56 Å². The molecule has 2 aromatic rings. The zero-order valence-electron chi connectivity index (χ0n) is 9.93.